The van der Waals surface area contributed by atoms with Gasteiger partial charge in [0, 0.05) is 12.0 Å². The Morgan fingerprint density at radius 2 is 1.62 bits per heavy atom. The molecule has 5 atom stereocenters. The van der Waals surface area contributed by atoms with E-state index in [9.17, 15) is 29.4 Å². The molecule has 0 radical (unpaired) electrons. The number of aliphatic carboxylic acids is 1. The first-order valence-corrected chi connectivity index (χ1v) is 14.3. The van der Waals surface area contributed by atoms with Gasteiger partial charge in [-0.2, -0.15) is 0 Å². The highest BCUT2D eigenvalue weighted by Crippen LogP contribution is 2.64. The third kappa shape index (κ3) is 5.40. The van der Waals surface area contributed by atoms with Crippen molar-refractivity contribution in [2.45, 2.75) is 96.7 Å². The van der Waals surface area contributed by atoms with E-state index in [1.807, 2.05) is 32.1 Å². The van der Waals surface area contributed by atoms with Crippen LogP contribution in [0.2, 0.25) is 0 Å². The van der Waals surface area contributed by atoms with Crippen LogP contribution in [0.25, 0.3) is 0 Å². The van der Waals surface area contributed by atoms with Gasteiger partial charge in [0.1, 0.15) is 5.41 Å². The van der Waals surface area contributed by atoms with Crippen LogP contribution in [0.1, 0.15) is 90.9 Å². The Kier molecular flexibility index (Phi) is 8.94. The van der Waals surface area contributed by atoms with E-state index in [2.05, 4.69) is 12.2 Å². The number of carboxylic acids is 1. The molecule has 1 fully saturated rings. The van der Waals surface area contributed by atoms with E-state index in [0.29, 0.717) is 6.42 Å². The molecule has 8 nitrogen and oxygen atoms in total. The Hall–Kier alpha value is -3.00. The molecule has 212 valence electrons. The average Bonchev–Trinajstić information content (AvgIpc) is 3.24. The van der Waals surface area contributed by atoms with Crippen molar-refractivity contribution in [1.29, 1.82) is 0 Å². The Morgan fingerprint density at radius 1 is 0.974 bits per heavy atom. The summed E-state index contributed by atoms with van der Waals surface area (Å²) in [7, 11) is 0. The number of cyclic esters (lactones) is 2. The Balaban J connectivity index is 1.74. The second-order valence-corrected chi connectivity index (χ2v) is 11.3. The lowest BCUT2D eigenvalue weighted by molar-refractivity contribution is -0.205. The number of carbonyl (C=O) groups excluding carboxylic acids is 3. The third-order valence-corrected chi connectivity index (χ3v) is 8.83. The Morgan fingerprint density at radius 3 is 2.23 bits per heavy atom. The van der Waals surface area contributed by atoms with Gasteiger partial charge in [-0.1, -0.05) is 56.1 Å². The number of hydrogen-bond donors (Lipinski definition) is 2. The van der Waals surface area contributed by atoms with Crippen LogP contribution in [0.4, 0.5) is 0 Å². The van der Waals surface area contributed by atoms with E-state index in [-0.39, 0.29) is 35.0 Å². The summed E-state index contributed by atoms with van der Waals surface area (Å²) in [6, 6.07) is 0. The van der Waals surface area contributed by atoms with Crippen molar-refractivity contribution in [3.8, 4) is 0 Å². The van der Waals surface area contributed by atoms with Crippen LogP contribution in [0.15, 0.2) is 47.1 Å². The molecule has 2 aliphatic carbocycles. The standard InChI is InChI=1S/C31H40O8/c1-3-5-7-9-11-13-15-20-17-23-30(19-24(32)33)18-22-25(28(35)38-27(22)34)26(31(23,37)39-29(30)36)21(20)16-14-12-10-8-6-4-2/h3-6,17,20-21,26,37H,7-16,18-19H2,1-2H3,(H,32,33)/b5-3+,6-4+/t20-,21+,26+,30-,31+/m0/s1. The fraction of sp³-hybridized carbons (Fsp3) is 0.613. The number of unbranched alkanes of at least 4 members (excludes halogenated alkanes) is 6. The molecule has 4 rings (SSSR count). The van der Waals surface area contributed by atoms with Crippen molar-refractivity contribution >= 4 is 23.9 Å². The SMILES string of the molecule is C/C=C/CCCCC[C@@H]1[C@@H](CCCCC/C=C/C)C=C2[C@@]3(CC(=O)O)CC4=C(C(=O)OC4=O)[C@@H]1[C@]2(O)OC3=O. The second kappa shape index (κ2) is 12.0. The minimum atomic E-state index is -2.18. The molecule has 0 aromatic heterocycles. The molecule has 2 N–H and O–H groups in total. The van der Waals surface area contributed by atoms with Gasteiger partial charge in [0.15, 0.2) is 0 Å². The number of carbonyl (C=O) groups is 4. The first-order chi connectivity index (χ1) is 18.7. The van der Waals surface area contributed by atoms with Crippen molar-refractivity contribution in [3.63, 3.8) is 0 Å². The second-order valence-electron chi connectivity index (χ2n) is 11.3. The van der Waals surface area contributed by atoms with Crippen LogP contribution in [-0.2, 0) is 28.7 Å². The fourth-order valence-corrected chi connectivity index (χ4v) is 7.06. The van der Waals surface area contributed by atoms with Crippen molar-refractivity contribution < 1.29 is 38.9 Å². The van der Waals surface area contributed by atoms with Gasteiger partial charge < -0.3 is 19.7 Å². The topological polar surface area (TPSA) is 127 Å². The zero-order chi connectivity index (χ0) is 28.2. The molecule has 0 amide bonds. The molecule has 4 bridgehead atoms. The molecular formula is C31H40O8. The molecule has 2 heterocycles. The first kappa shape index (κ1) is 29.0. The van der Waals surface area contributed by atoms with Crippen molar-refractivity contribution in [1.82, 2.24) is 0 Å². The molecular weight excluding hydrogens is 500 g/mol. The molecule has 39 heavy (non-hydrogen) atoms. The van der Waals surface area contributed by atoms with Crippen LogP contribution in [0.3, 0.4) is 0 Å². The number of hydrogen-bond acceptors (Lipinski definition) is 7. The predicted molar refractivity (Wildman–Crippen MR) is 143 cm³/mol. The molecule has 0 aromatic rings. The number of aliphatic hydroxyl groups is 1. The van der Waals surface area contributed by atoms with Gasteiger partial charge in [-0.3, -0.25) is 9.59 Å². The highest BCUT2D eigenvalue weighted by Gasteiger charge is 2.71. The number of rotatable bonds is 14. The fourth-order valence-electron chi connectivity index (χ4n) is 7.06. The lowest BCUT2D eigenvalue weighted by atomic mass is 9.61. The van der Waals surface area contributed by atoms with E-state index < -0.39 is 47.4 Å². The van der Waals surface area contributed by atoms with Gasteiger partial charge >= 0.3 is 23.9 Å². The number of carboxylic acid groups (broad SMARTS) is 1. The molecule has 0 unspecified atom stereocenters. The average molecular weight is 541 g/mol. The molecule has 2 aliphatic heterocycles. The smallest absolute Gasteiger partial charge is 0.343 e. The summed E-state index contributed by atoms with van der Waals surface area (Å²) in [5.74, 6) is -7.33. The maximum Gasteiger partial charge on any atom is 0.343 e. The van der Waals surface area contributed by atoms with Crippen molar-refractivity contribution in [2.75, 3.05) is 0 Å². The highest BCUT2D eigenvalue weighted by atomic mass is 16.7. The lowest BCUT2D eigenvalue weighted by Gasteiger charge is -2.44. The quantitative estimate of drug-likeness (QED) is 0.131. The van der Waals surface area contributed by atoms with Gasteiger partial charge in [-0.15, -0.1) is 0 Å². The molecule has 0 spiro atoms. The molecule has 4 aliphatic rings. The normalized spacial score (nSPS) is 31.5. The summed E-state index contributed by atoms with van der Waals surface area (Å²) < 4.78 is 10.6. The van der Waals surface area contributed by atoms with Gasteiger partial charge in [-0.25, -0.2) is 9.59 Å². The van der Waals surface area contributed by atoms with Crippen molar-refractivity contribution in [2.24, 2.45) is 23.2 Å². The van der Waals surface area contributed by atoms with Gasteiger partial charge in [0.2, 0.25) is 5.79 Å². The number of ether oxygens (including phenoxy) is 2. The molecule has 0 saturated carbocycles. The summed E-state index contributed by atoms with van der Waals surface area (Å²) in [6.45, 7) is 3.98. The van der Waals surface area contributed by atoms with Gasteiger partial charge in [0.25, 0.3) is 0 Å². The van der Waals surface area contributed by atoms with Crippen LogP contribution < -0.4 is 0 Å². The Labute approximate surface area is 229 Å². The predicted octanol–water partition coefficient (Wildman–Crippen LogP) is 5.32. The van der Waals surface area contributed by atoms with Crippen LogP contribution in [0.5, 0.6) is 0 Å². The highest BCUT2D eigenvalue weighted by molar-refractivity contribution is 6.14. The maximum absolute atomic E-state index is 13.4. The lowest BCUT2D eigenvalue weighted by Crippen LogP contribution is -2.50. The zero-order valence-electron chi connectivity index (χ0n) is 22.9. The number of allylic oxidation sites excluding steroid dienone is 5. The van der Waals surface area contributed by atoms with Crippen LogP contribution >= 0.6 is 0 Å². The Bertz CT molecular complexity index is 1130. The summed E-state index contributed by atoms with van der Waals surface area (Å²) >= 11 is 0. The van der Waals surface area contributed by atoms with E-state index in [1.165, 1.54) is 0 Å². The zero-order valence-corrected chi connectivity index (χ0v) is 22.9. The number of esters is 3. The first-order valence-electron chi connectivity index (χ1n) is 14.3. The van der Waals surface area contributed by atoms with E-state index in [4.69, 9.17) is 9.47 Å². The van der Waals surface area contributed by atoms with E-state index in [0.717, 1.165) is 57.8 Å². The number of fused-ring (bicyclic) bond motifs is 1. The molecule has 1 saturated heterocycles. The van der Waals surface area contributed by atoms with Gasteiger partial charge in [0.05, 0.1) is 23.5 Å². The summed E-state index contributed by atoms with van der Waals surface area (Å²) in [6.07, 6.45) is 18.4. The summed E-state index contributed by atoms with van der Waals surface area (Å²) in [5, 5.41) is 21.8. The minimum Gasteiger partial charge on any atom is -0.481 e. The maximum atomic E-state index is 13.4. The van der Waals surface area contributed by atoms with E-state index in [1.54, 1.807) is 0 Å². The molecule has 0 aromatic carbocycles. The monoisotopic (exact) mass is 540 g/mol. The summed E-state index contributed by atoms with van der Waals surface area (Å²) in [4.78, 5) is 51.2. The minimum absolute atomic E-state index is 0.00908. The third-order valence-electron chi connectivity index (χ3n) is 8.83. The summed E-state index contributed by atoms with van der Waals surface area (Å²) in [5.41, 5.74) is -1.48. The van der Waals surface area contributed by atoms with E-state index >= 15 is 0 Å². The van der Waals surface area contributed by atoms with Gasteiger partial charge in [-0.05, 0) is 64.2 Å². The van der Waals surface area contributed by atoms with Crippen molar-refractivity contribution in [3.05, 3.63) is 47.1 Å². The largest absolute Gasteiger partial charge is 0.481 e. The van der Waals surface area contributed by atoms with Crippen LogP contribution in [-0.4, -0.2) is 39.9 Å². The van der Waals surface area contributed by atoms with Crippen LogP contribution in [0, 0.1) is 23.2 Å². The molecule has 8 heteroatoms.